The number of carbonyl (C=O) groups excluding carboxylic acids is 3. The van der Waals surface area contributed by atoms with Crippen molar-refractivity contribution in [2.75, 3.05) is 18.5 Å². The molecular weight excluding hydrogens is 384 g/mol. The minimum atomic E-state index is -0.575. The number of hydrogen-bond acceptors (Lipinski definition) is 6. The molecule has 1 aromatic carbocycles. The Balaban J connectivity index is 1.63. The number of nitrogens with two attached hydrogens (primary N) is 1. The van der Waals surface area contributed by atoms with Crippen LogP contribution < -0.4 is 10.6 Å². The number of benzene rings is 1. The van der Waals surface area contributed by atoms with Crippen LogP contribution >= 0.6 is 0 Å². The zero-order valence-electron chi connectivity index (χ0n) is 17.4. The van der Waals surface area contributed by atoms with Gasteiger partial charge in [-0.3, -0.25) is 19.4 Å². The fourth-order valence-electron chi connectivity index (χ4n) is 4.17. The van der Waals surface area contributed by atoms with E-state index in [1.54, 1.807) is 36.2 Å². The molecule has 1 saturated heterocycles. The molecule has 158 valence electrons. The molecule has 4 amide bonds. The van der Waals surface area contributed by atoms with Crippen LogP contribution in [0, 0.1) is 0 Å². The second-order valence-electron chi connectivity index (χ2n) is 7.80. The lowest BCUT2D eigenvalue weighted by molar-refractivity contribution is -0.136. The van der Waals surface area contributed by atoms with Crippen molar-refractivity contribution >= 4 is 29.5 Å². The first-order chi connectivity index (χ1) is 14.3. The number of anilines is 1. The number of carbonyl (C=O) groups is 3. The predicted molar refractivity (Wildman–Crippen MR) is 112 cm³/mol. The summed E-state index contributed by atoms with van der Waals surface area (Å²) in [5, 5.41) is 0. The number of urea groups is 1. The Morgan fingerprint density at radius 1 is 1.17 bits per heavy atom. The summed E-state index contributed by atoms with van der Waals surface area (Å²) in [7, 11) is 1.69. The van der Waals surface area contributed by atoms with Gasteiger partial charge in [-0.1, -0.05) is 19.8 Å². The number of likely N-dealkylation sites (N-methyl/N-ethyl adjacent to an activating group) is 1. The molecule has 0 aliphatic carbocycles. The molecule has 3 aliphatic rings. The lowest BCUT2D eigenvalue weighted by atomic mass is 10.1. The van der Waals surface area contributed by atoms with Gasteiger partial charge in [-0.2, -0.15) is 0 Å². The molecule has 30 heavy (non-hydrogen) atoms. The third kappa shape index (κ3) is 3.01. The molecule has 3 aliphatic heterocycles. The van der Waals surface area contributed by atoms with Crippen molar-refractivity contribution in [3.8, 4) is 0 Å². The third-order valence-corrected chi connectivity index (χ3v) is 5.78. The molecule has 1 fully saturated rings. The van der Waals surface area contributed by atoms with Crippen LogP contribution in [0.1, 0.15) is 43.5 Å². The minimum absolute atomic E-state index is 0.215. The van der Waals surface area contributed by atoms with Crippen molar-refractivity contribution in [1.29, 1.82) is 0 Å². The maximum absolute atomic E-state index is 13.2. The van der Waals surface area contributed by atoms with Gasteiger partial charge in [0, 0.05) is 36.7 Å². The molecule has 9 heteroatoms. The zero-order valence-corrected chi connectivity index (χ0v) is 17.4. The van der Waals surface area contributed by atoms with Gasteiger partial charge in [-0.15, -0.1) is 0 Å². The van der Waals surface area contributed by atoms with Crippen LogP contribution in [-0.4, -0.2) is 64.3 Å². The van der Waals surface area contributed by atoms with Crippen LogP contribution in [0.4, 0.5) is 10.5 Å². The Morgan fingerprint density at radius 2 is 1.87 bits per heavy atom. The molecule has 0 aromatic heterocycles. The fraction of sp³-hybridized carbons (Fsp3) is 0.429. The van der Waals surface area contributed by atoms with Gasteiger partial charge in [0.2, 0.25) is 11.9 Å². The normalized spacial score (nSPS) is 22.9. The first kappa shape index (κ1) is 19.9. The summed E-state index contributed by atoms with van der Waals surface area (Å²) >= 11 is 0. The summed E-state index contributed by atoms with van der Waals surface area (Å²) in [4.78, 5) is 48.8. The van der Waals surface area contributed by atoms with Gasteiger partial charge in [0.25, 0.3) is 5.91 Å². The van der Waals surface area contributed by atoms with Crippen LogP contribution in [0.3, 0.4) is 0 Å². The molecule has 1 aromatic rings. The molecule has 0 saturated carbocycles. The summed E-state index contributed by atoms with van der Waals surface area (Å²) < 4.78 is 0. The predicted octanol–water partition coefficient (Wildman–Crippen LogP) is 1.92. The van der Waals surface area contributed by atoms with Crippen molar-refractivity contribution in [2.45, 2.75) is 45.3 Å². The van der Waals surface area contributed by atoms with E-state index in [1.807, 2.05) is 22.9 Å². The molecule has 2 unspecified atom stereocenters. The summed E-state index contributed by atoms with van der Waals surface area (Å²) in [6.45, 7) is 4.43. The molecule has 9 nitrogen and oxygen atoms in total. The van der Waals surface area contributed by atoms with Gasteiger partial charge in [0.05, 0.1) is 0 Å². The van der Waals surface area contributed by atoms with E-state index in [-0.39, 0.29) is 11.9 Å². The Hall–Kier alpha value is -3.36. The quantitative estimate of drug-likeness (QED) is 0.722. The van der Waals surface area contributed by atoms with Crippen molar-refractivity contribution in [1.82, 2.24) is 14.7 Å². The highest BCUT2D eigenvalue weighted by molar-refractivity contribution is 6.10. The molecule has 4 rings (SSSR count). The smallest absolute Gasteiger partial charge is 0.328 e. The highest BCUT2D eigenvalue weighted by Crippen LogP contribution is 2.36. The Kier molecular flexibility index (Phi) is 4.97. The molecular formula is C21H26N6O3. The molecule has 0 radical (unpaired) electrons. The number of imide groups is 1. The fourth-order valence-corrected chi connectivity index (χ4v) is 4.17. The van der Waals surface area contributed by atoms with E-state index < -0.39 is 18.1 Å². The molecule has 2 N–H and O–H groups in total. The maximum Gasteiger partial charge on any atom is 0.328 e. The first-order valence-electron chi connectivity index (χ1n) is 10.2. The summed E-state index contributed by atoms with van der Waals surface area (Å²) in [5.41, 5.74) is 7.45. The number of unbranched alkanes of at least 4 members (excludes halogenated alkanes) is 2. The monoisotopic (exact) mass is 410 g/mol. The average molecular weight is 410 g/mol. The number of guanidine groups is 1. The van der Waals surface area contributed by atoms with Crippen molar-refractivity contribution < 1.29 is 14.4 Å². The molecule has 3 heterocycles. The molecule has 2 atom stereocenters. The van der Waals surface area contributed by atoms with Gasteiger partial charge in [0.1, 0.15) is 0 Å². The Bertz CT molecular complexity index is 954. The van der Waals surface area contributed by atoms with E-state index >= 15 is 0 Å². The average Bonchev–Trinajstić information content (AvgIpc) is 3.23. The van der Waals surface area contributed by atoms with Crippen LogP contribution in [0.15, 0.2) is 41.2 Å². The second kappa shape index (κ2) is 7.47. The lowest BCUT2D eigenvalue weighted by Crippen LogP contribution is -2.64. The van der Waals surface area contributed by atoms with Gasteiger partial charge < -0.3 is 15.5 Å². The van der Waals surface area contributed by atoms with E-state index in [1.165, 1.54) is 4.90 Å². The third-order valence-electron chi connectivity index (χ3n) is 5.78. The summed E-state index contributed by atoms with van der Waals surface area (Å²) in [5.74, 6) is -0.111. The summed E-state index contributed by atoms with van der Waals surface area (Å²) in [6.07, 6.45) is 4.09. The standard InChI is InChI=1S/C21H26N6O3/c1-4-5-6-11-25-19(29)16-18(24(3)21(25)30)23-20-26(16)12-13(2)27(20)15-9-7-14(8-10-15)17(22)28/h7-10,12,16,18H,4-6,11H2,1-3H3,(H2,22,28). The van der Waals surface area contributed by atoms with Crippen LogP contribution in [0.5, 0.6) is 0 Å². The highest BCUT2D eigenvalue weighted by Gasteiger charge is 2.54. The van der Waals surface area contributed by atoms with E-state index in [9.17, 15) is 14.4 Å². The van der Waals surface area contributed by atoms with Gasteiger partial charge >= 0.3 is 6.03 Å². The van der Waals surface area contributed by atoms with E-state index in [0.717, 1.165) is 30.6 Å². The topological polar surface area (TPSA) is 103 Å². The number of allylic oxidation sites excluding steroid dienone is 1. The van der Waals surface area contributed by atoms with Gasteiger partial charge in [-0.05, 0) is 37.6 Å². The number of rotatable bonds is 6. The minimum Gasteiger partial charge on any atom is -0.366 e. The second-order valence-corrected chi connectivity index (χ2v) is 7.80. The number of fused-ring (bicyclic) bond motifs is 3. The number of hydrogen-bond donors (Lipinski definition) is 1. The molecule has 0 spiro atoms. The number of nitrogens with zero attached hydrogens (tertiary/aromatic N) is 5. The zero-order chi connectivity index (χ0) is 21.6. The van der Waals surface area contributed by atoms with Crippen molar-refractivity contribution in [2.24, 2.45) is 10.7 Å². The number of aliphatic imine (C=N–C) groups is 1. The molecule has 0 bridgehead atoms. The lowest BCUT2D eigenvalue weighted by Gasteiger charge is -2.40. The largest absolute Gasteiger partial charge is 0.366 e. The Labute approximate surface area is 175 Å². The number of primary amides is 1. The van der Waals surface area contributed by atoms with Crippen LogP contribution in [0.2, 0.25) is 0 Å². The summed E-state index contributed by atoms with van der Waals surface area (Å²) in [6, 6.07) is 6.02. The Morgan fingerprint density at radius 3 is 2.50 bits per heavy atom. The van der Waals surface area contributed by atoms with Crippen molar-refractivity contribution in [3.63, 3.8) is 0 Å². The van der Waals surface area contributed by atoms with Gasteiger partial charge in [0.15, 0.2) is 12.2 Å². The first-order valence-corrected chi connectivity index (χ1v) is 10.2. The maximum atomic E-state index is 13.2. The van der Waals surface area contributed by atoms with E-state index in [0.29, 0.717) is 18.1 Å². The van der Waals surface area contributed by atoms with Crippen LogP contribution in [-0.2, 0) is 4.79 Å². The van der Waals surface area contributed by atoms with Gasteiger partial charge in [-0.25, -0.2) is 9.79 Å². The van der Waals surface area contributed by atoms with Crippen LogP contribution in [0.25, 0.3) is 0 Å². The van der Waals surface area contributed by atoms with E-state index in [4.69, 9.17) is 10.7 Å². The SMILES string of the molecule is CCCCCN1C(=O)C2C(N=C3N(c4ccc(C(N)=O)cc4)C(C)=CN32)N(C)C1=O. The van der Waals surface area contributed by atoms with Crippen molar-refractivity contribution in [3.05, 3.63) is 41.7 Å². The number of amides is 4. The highest BCUT2D eigenvalue weighted by atomic mass is 16.2. The van der Waals surface area contributed by atoms with E-state index in [2.05, 4.69) is 6.92 Å².